The molecule has 0 radical (unpaired) electrons. The molecular weight excluding hydrogens is 341 g/mol. The van der Waals surface area contributed by atoms with Gasteiger partial charge in [-0.3, -0.25) is 14.9 Å². The second kappa shape index (κ2) is 8.02. The molecule has 7 nitrogen and oxygen atoms in total. The topological polar surface area (TPSA) is 93.8 Å². The van der Waals surface area contributed by atoms with Gasteiger partial charge in [-0.2, -0.15) is 5.10 Å². The van der Waals surface area contributed by atoms with E-state index < -0.39 is 16.6 Å². The van der Waals surface area contributed by atoms with E-state index in [4.69, 9.17) is 16.3 Å². The molecule has 0 aliphatic rings. The number of ether oxygens (including phenoxy) is 1. The first-order valence-electron chi connectivity index (χ1n) is 6.60. The monoisotopic (exact) mass is 351 g/mol. The molecule has 1 N–H and O–H groups in total. The first-order valence-corrected chi connectivity index (χ1v) is 6.98. The van der Waals surface area contributed by atoms with Gasteiger partial charge >= 0.3 is 0 Å². The fraction of sp³-hybridized carbons (Fsp3) is 0.0667. The van der Waals surface area contributed by atoms with E-state index in [1.54, 1.807) is 0 Å². The van der Waals surface area contributed by atoms with Crippen molar-refractivity contribution < 1.29 is 18.8 Å². The van der Waals surface area contributed by atoms with Gasteiger partial charge in [0.1, 0.15) is 16.6 Å². The average molecular weight is 352 g/mol. The van der Waals surface area contributed by atoms with E-state index in [0.29, 0.717) is 11.3 Å². The smallest absolute Gasteiger partial charge is 0.288 e. The Morgan fingerprint density at radius 3 is 2.71 bits per heavy atom. The van der Waals surface area contributed by atoms with Gasteiger partial charge in [0.25, 0.3) is 11.6 Å². The molecule has 24 heavy (non-hydrogen) atoms. The Labute approximate surface area is 140 Å². The Balaban J connectivity index is 1.87. The summed E-state index contributed by atoms with van der Waals surface area (Å²) in [5.74, 6) is -0.614. The van der Waals surface area contributed by atoms with Crippen LogP contribution in [0.4, 0.5) is 10.1 Å². The number of hydrogen-bond donors (Lipinski definition) is 1. The molecule has 0 atom stereocenters. The van der Waals surface area contributed by atoms with Crippen LogP contribution in [0.15, 0.2) is 47.6 Å². The molecule has 0 aromatic heterocycles. The average Bonchev–Trinajstić information content (AvgIpc) is 2.55. The number of amides is 1. The number of nitro benzene ring substituents is 1. The van der Waals surface area contributed by atoms with Gasteiger partial charge in [0, 0.05) is 11.6 Å². The first kappa shape index (κ1) is 17.4. The SMILES string of the molecule is O=C(COc1ccc(F)cc1)N/N=C/c1ccc(Cl)c([N+](=O)[O-])c1. The summed E-state index contributed by atoms with van der Waals surface area (Å²) in [5, 5.41) is 14.4. The van der Waals surface area contributed by atoms with E-state index in [2.05, 4.69) is 10.5 Å². The lowest BCUT2D eigenvalue weighted by molar-refractivity contribution is -0.384. The molecule has 2 aromatic carbocycles. The van der Waals surface area contributed by atoms with E-state index in [9.17, 15) is 19.3 Å². The van der Waals surface area contributed by atoms with E-state index in [-0.39, 0.29) is 17.3 Å². The number of hydrazone groups is 1. The highest BCUT2D eigenvalue weighted by molar-refractivity contribution is 6.32. The number of nitro groups is 1. The molecule has 0 aliphatic carbocycles. The summed E-state index contributed by atoms with van der Waals surface area (Å²) in [6.07, 6.45) is 1.24. The van der Waals surface area contributed by atoms with Crippen molar-refractivity contribution in [3.63, 3.8) is 0 Å². The third kappa shape index (κ3) is 5.03. The molecule has 1 amide bonds. The Morgan fingerprint density at radius 1 is 1.33 bits per heavy atom. The zero-order chi connectivity index (χ0) is 17.5. The number of hydrogen-bond acceptors (Lipinski definition) is 5. The summed E-state index contributed by atoms with van der Waals surface area (Å²) in [6, 6.07) is 9.29. The quantitative estimate of drug-likeness (QED) is 0.492. The van der Waals surface area contributed by atoms with Gasteiger partial charge in [-0.1, -0.05) is 17.7 Å². The van der Waals surface area contributed by atoms with Gasteiger partial charge in [-0.05, 0) is 30.3 Å². The fourth-order valence-corrected chi connectivity index (χ4v) is 1.83. The van der Waals surface area contributed by atoms with Crippen LogP contribution in [0, 0.1) is 15.9 Å². The first-order chi connectivity index (χ1) is 11.5. The van der Waals surface area contributed by atoms with Crippen molar-refractivity contribution in [2.45, 2.75) is 0 Å². The van der Waals surface area contributed by atoms with Crippen molar-refractivity contribution in [2.75, 3.05) is 6.61 Å². The maximum absolute atomic E-state index is 12.7. The molecule has 0 saturated carbocycles. The maximum Gasteiger partial charge on any atom is 0.288 e. The minimum atomic E-state index is -0.616. The van der Waals surface area contributed by atoms with Gasteiger partial charge in [-0.25, -0.2) is 9.82 Å². The van der Waals surface area contributed by atoms with Gasteiger partial charge < -0.3 is 4.74 Å². The van der Waals surface area contributed by atoms with E-state index in [1.165, 1.54) is 48.7 Å². The van der Waals surface area contributed by atoms with Crippen LogP contribution in [0.5, 0.6) is 5.75 Å². The van der Waals surface area contributed by atoms with E-state index in [1.807, 2.05) is 0 Å². The van der Waals surface area contributed by atoms with Crippen molar-refractivity contribution in [1.29, 1.82) is 0 Å². The number of benzene rings is 2. The van der Waals surface area contributed by atoms with Crippen LogP contribution in [0.25, 0.3) is 0 Å². The van der Waals surface area contributed by atoms with Crippen LogP contribution >= 0.6 is 11.6 Å². The summed E-state index contributed by atoms with van der Waals surface area (Å²) in [7, 11) is 0. The molecular formula is C15H11ClFN3O4. The van der Waals surface area contributed by atoms with Crippen molar-refractivity contribution in [3.8, 4) is 5.75 Å². The molecule has 124 valence electrons. The second-order valence-electron chi connectivity index (χ2n) is 4.50. The number of rotatable bonds is 6. The molecule has 0 saturated heterocycles. The molecule has 0 heterocycles. The lowest BCUT2D eigenvalue weighted by Crippen LogP contribution is -2.24. The number of carbonyl (C=O) groups excluding carboxylic acids is 1. The summed E-state index contributed by atoms with van der Waals surface area (Å²) < 4.78 is 17.8. The van der Waals surface area contributed by atoms with Crippen LogP contribution in [-0.4, -0.2) is 23.7 Å². The highest BCUT2D eigenvalue weighted by Gasteiger charge is 2.11. The summed E-state index contributed by atoms with van der Waals surface area (Å²) in [4.78, 5) is 21.7. The molecule has 0 bridgehead atoms. The van der Waals surface area contributed by atoms with Crippen molar-refractivity contribution in [2.24, 2.45) is 5.10 Å². The summed E-state index contributed by atoms with van der Waals surface area (Å²) in [5.41, 5.74) is 2.34. The molecule has 0 unspecified atom stereocenters. The molecule has 2 rings (SSSR count). The zero-order valence-corrected chi connectivity index (χ0v) is 12.9. The summed E-state index contributed by atoms with van der Waals surface area (Å²) in [6.45, 7) is -0.316. The number of nitrogens with one attached hydrogen (secondary N) is 1. The van der Waals surface area contributed by atoms with Crippen LogP contribution < -0.4 is 10.2 Å². The molecule has 2 aromatic rings. The molecule has 0 spiro atoms. The number of carbonyl (C=O) groups is 1. The van der Waals surface area contributed by atoms with Crippen LogP contribution in [0.2, 0.25) is 5.02 Å². The second-order valence-corrected chi connectivity index (χ2v) is 4.91. The van der Waals surface area contributed by atoms with Crippen LogP contribution in [-0.2, 0) is 4.79 Å². The Bertz CT molecular complexity index is 781. The van der Waals surface area contributed by atoms with E-state index in [0.717, 1.165) is 0 Å². The van der Waals surface area contributed by atoms with Gasteiger partial charge in [0.05, 0.1) is 11.1 Å². The predicted octanol–water partition coefficient (Wildman–Crippen LogP) is 2.92. The van der Waals surface area contributed by atoms with Crippen molar-refractivity contribution in [1.82, 2.24) is 5.43 Å². The predicted molar refractivity (Wildman–Crippen MR) is 85.7 cm³/mol. The van der Waals surface area contributed by atoms with Gasteiger partial charge in [0.2, 0.25) is 0 Å². The largest absolute Gasteiger partial charge is 0.484 e. The minimum absolute atomic E-state index is 0.00823. The van der Waals surface area contributed by atoms with Crippen molar-refractivity contribution >= 4 is 29.4 Å². The van der Waals surface area contributed by atoms with E-state index >= 15 is 0 Å². The Hall–Kier alpha value is -3.00. The molecule has 0 fully saturated rings. The third-order valence-corrected chi connectivity index (χ3v) is 3.07. The highest BCUT2D eigenvalue weighted by atomic mass is 35.5. The van der Waals surface area contributed by atoms with Crippen LogP contribution in [0.1, 0.15) is 5.56 Å². The van der Waals surface area contributed by atoms with Crippen molar-refractivity contribution in [3.05, 3.63) is 69.0 Å². The minimum Gasteiger partial charge on any atom is -0.484 e. The van der Waals surface area contributed by atoms with Crippen LogP contribution in [0.3, 0.4) is 0 Å². The zero-order valence-electron chi connectivity index (χ0n) is 12.1. The van der Waals surface area contributed by atoms with Gasteiger partial charge in [0.15, 0.2) is 6.61 Å². The Kier molecular flexibility index (Phi) is 5.80. The molecule has 9 heteroatoms. The standard InChI is InChI=1S/C15H11ClFN3O4/c16-13-6-1-10(7-14(13)20(22)23)8-18-19-15(21)9-24-12-4-2-11(17)3-5-12/h1-8H,9H2,(H,19,21)/b18-8+. The normalized spacial score (nSPS) is 10.6. The fourth-order valence-electron chi connectivity index (χ4n) is 1.64. The number of halogens is 2. The highest BCUT2D eigenvalue weighted by Crippen LogP contribution is 2.24. The molecule has 0 aliphatic heterocycles. The Morgan fingerprint density at radius 2 is 2.04 bits per heavy atom. The lowest BCUT2D eigenvalue weighted by Gasteiger charge is -2.04. The van der Waals surface area contributed by atoms with Gasteiger partial charge in [-0.15, -0.1) is 0 Å². The third-order valence-electron chi connectivity index (χ3n) is 2.75. The lowest BCUT2D eigenvalue weighted by atomic mass is 10.2. The maximum atomic E-state index is 12.7. The summed E-state index contributed by atoms with van der Waals surface area (Å²) >= 11 is 5.69. The number of nitrogens with zero attached hydrogens (tertiary/aromatic N) is 2.